The van der Waals surface area contributed by atoms with Crippen LogP contribution < -0.4 is 10.9 Å². The zero-order valence-electron chi connectivity index (χ0n) is 23.7. The van der Waals surface area contributed by atoms with Crippen LogP contribution in [0.1, 0.15) is 61.0 Å². The van der Waals surface area contributed by atoms with Crippen molar-refractivity contribution >= 4 is 17.4 Å². The van der Waals surface area contributed by atoms with Gasteiger partial charge in [0.2, 0.25) is 0 Å². The topological polar surface area (TPSA) is 77.8 Å². The summed E-state index contributed by atoms with van der Waals surface area (Å²) in [7, 11) is 3.83. The van der Waals surface area contributed by atoms with E-state index in [2.05, 4.69) is 42.0 Å². The number of halogens is 1. The molecule has 1 fully saturated rings. The van der Waals surface area contributed by atoms with Gasteiger partial charge in [0.1, 0.15) is 5.82 Å². The highest BCUT2D eigenvalue weighted by Gasteiger charge is 2.28. The number of benzene rings is 1. The van der Waals surface area contributed by atoms with Crippen molar-refractivity contribution in [3.05, 3.63) is 92.8 Å². The van der Waals surface area contributed by atoms with Crippen molar-refractivity contribution in [2.75, 3.05) is 32.5 Å². The lowest BCUT2D eigenvalue weighted by molar-refractivity contribution is 0.0696. The van der Waals surface area contributed by atoms with E-state index >= 15 is 0 Å². The van der Waals surface area contributed by atoms with Crippen molar-refractivity contribution in [2.45, 2.75) is 58.5 Å². The van der Waals surface area contributed by atoms with Gasteiger partial charge in [0.05, 0.1) is 17.3 Å². The number of aryl methyl sites for hydroxylation is 1. The molecule has 0 aliphatic carbocycles. The second-order valence-electron chi connectivity index (χ2n) is 10.7. The van der Waals surface area contributed by atoms with E-state index in [4.69, 9.17) is 0 Å². The summed E-state index contributed by atoms with van der Waals surface area (Å²) in [4.78, 5) is 28.8. The summed E-state index contributed by atoms with van der Waals surface area (Å²) in [6.07, 6.45) is 9.64. The smallest absolute Gasteiger partial charge is 0.335 e. The van der Waals surface area contributed by atoms with Crippen LogP contribution in [0.15, 0.2) is 64.8 Å². The van der Waals surface area contributed by atoms with Crippen molar-refractivity contribution < 1.29 is 14.3 Å². The number of nitrogens with one attached hydrogen (secondary N) is 1. The van der Waals surface area contributed by atoms with Crippen molar-refractivity contribution in [2.24, 2.45) is 0 Å². The zero-order valence-corrected chi connectivity index (χ0v) is 23.7. The number of pyridine rings is 1. The Hall–Kier alpha value is -3.65. The maximum atomic E-state index is 14.9. The summed E-state index contributed by atoms with van der Waals surface area (Å²) < 4.78 is 16.6. The van der Waals surface area contributed by atoms with Crippen LogP contribution in [0.4, 0.5) is 10.1 Å². The minimum atomic E-state index is -1.11. The second-order valence-corrected chi connectivity index (χ2v) is 10.7. The number of piperidine rings is 1. The number of carbonyl (C=O) groups is 1. The standard InChI is InChI=1S/C31H39FN4O3/c1-19(16-26-22(4)34(6)11-10-28(26)36-14-9-25(33-5)18-29(36)37)21(3)35-12-7-23(8-13-35)30-20(2)15-24(31(38)39)17-27(30)32/h9-11,14-18,21-23,33H,7-8,12-13H2,1-6H3,(H,38,39)/b19-16+. The maximum Gasteiger partial charge on any atom is 0.335 e. The number of rotatable bonds is 7. The van der Waals surface area contributed by atoms with Gasteiger partial charge in [-0.15, -0.1) is 0 Å². The van der Waals surface area contributed by atoms with Crippen molar-refractivity contribution in [3.63, 3.8) is 0 Å². The number of aromatic nitrogens is 1. The molecular formula is C31H39FN4O3. The van der Waals surface area contributed by atoms with E-state index in [-0.39, 0.29) is 29.1 Å². The molecule has 39 heavy (non-hydrogen) atoms. The molecule has 8 heteroatoms. The summed E-state index contributed by atoms with van der Waals surface area (Å²) in [5.41, 5.74) is 5.18. The predicted molar refractivity (Wildman–Crippen MR) is 155 cm³/mol. The first-order valence-electron chi connectivity index (χ1n) is 13.5. The van der Waals surface area contributed by atoms with Gasteiger partial charge in [-0.2, -0.15) is 0 Å². The van der Waals surface area contributed by atoms with Crippen LogP contribution in [0.25, 0.3) is 5.70 Å². The molecular weight excluding hydrogens is 495 g/mol. The highest BCUT2D eigenvalue weighted by atomic mass is 19.1. The van der Waals surface area contributed by atoms with E-state index in [1.165, 1.54) is 5.57 Å². The molecule has 1 aromatic carbocycles. The molecule has 2 atom stereocenters. The first-order chi connectivity index (χ1) is 18.5. The molecule has 0 amide bonds. The molecule has 208 valence electrons. The largest absolute Gasteiger partial charge is 0.478 e. The number of nitrogens with zero attached hydrogens (tertiary/aromatic N) is 3. The minimum absolute atomic E-state index is 0.00749. The maximum absolute atomic E-state index is 14.9. The number of allylic oxidation sites excluding steroid dienone is 2. The molecule has 2 unspecified atom stereocenters. The zero-order chi connectivity index (χ0) is 28.4. The first-order valence-corrected chi connectivity index (χ1v) is 13.5. The lowest BCUT2D eigenvalue weighted by Crippen LogP contribution is -2.40. The Morgan fingerprint density at radius 1 is 1.23 bits per heavy atom. The lowest BCUT2D eigenvalue weighted by atomic mass is 9.85. The van der Waals surface area contributed by atoms with E-state index < -0.39 is 11.8 Å². The Morgan fingerprint density at radius 3 is 2.51 bits per heavy atom. The number of aromatic carboxylic acids is 1. The second kappa shape index (κ2) is 11.6. The number of carboxylic acids is 1. The predicted octanol–water partition coefficient (Wildman–Crippen LogP) is 5.31. The first kappa shape index (κ1) is 28.4. The summed E-state index contributed by atoms with van der Waals surface area (Å²) in [6.45, 7) is 9.91. The molecule has 0 saturated carbocycles. The normalized spacial score (nSPS) is 19.9. The van der Waals surface area contributed by atoms with Gasteiger partial charge in [-0.05, 0) is 101 Å². The third-order valence-electron chi connectivity index (χ3n) is 8.40. The fraction of sp³-hybridized carbons (Fsp3) is 0.419. The summed E-state index contributed by atoms with van der Waals surface area (Å²) in [5.74, 6) is -1.46. The molecule has 7 nitrogen and oxygen atoms in total. The van der Waals surface area contributed by atoms with Gasteiger partial charge in [0, 0.05) is 44.3 Å². The molecule has 2 aromatic rings. The van der Waals surface area contributed by atoms with E-state index in [1.54, 1.807) is 30.7 Å². The molecule has 1 aromatic heterocycles. The summed E-state index contributed by atoms with van der Waals surface area (Å²) >= 11 is 0. The lowest BCUT2D eigenvalue weighted by Gasteiger charge is -2.38. The summed E-state index contributed by atoms with van der Waals surface area (Å²) in [6, 6.07) is 6.48. The average Bonchev–Trinajstić information content (AvgIpc) is 2.91. The van der Waals surface area contributed by atoms with E-state index in [0.29, 0.717) is 11.1 Å². The molecule has 2 aliphatic heterocycles. The van der Waals surface area contributed by atoms with Gasteiger partial charge >= 0.3 is 5.97 Å². The van der Waals surface area contributed by atoms with Crippen molar-refractivity contribution in [3.8, 4) is 0 Å². The van der Waals surface area contributed by atoms with Gasteiger partial charge in [-0.25, -0.2) is 9.18 Å². The van der Waals surface area contributed by atoms with Crippen LogP contribution >= 0.6 is 0 Å². The number of likely N-dealkylation sites (N-methyl/N-ethyl adjacent to an activating group) is 1. The Balaban J connectivity index is 1.55. The van der Waals surface area contributed by atoms with Crippen LogP contribution in [0, 0.1) is 12.7 Å². The van der Waals surface area contributed by atoms with Gasteiger partial charge in [0.15, 0.2) is 0 Å². The Bertz CT molecular complexity index is 1380. The number of hydrogen-bond acceptors (Lipinski definition) is 5. The highest BCUT2D eigenvalue weighted by Crippen LogP contribution is 2.34. The number of likely N-dealkylation sites (tertiary alicyclic amines) is 1. The number of hydrogen-bond donors (Lipinski definition) is 2. The molecule has 0 spiro atoms. The molecule has 3 heterocycles. The fourth-order valence-electron chi connectivity index (χ4n) is 5.72. The fourth-order valence-corrected chi connectivity index (χ4v) is 5.72. The highest BCUT2D eigenvalue weighted by molar-refractivity contribution is 5.88. The Labute approximate surface area is 229 Å². The SMILES string of the molecule is CNc1ccn(C2=C(/C=C(\C)C(C)N3CCC(c4c(C)cc(C(=O)O)cc4F)CC3)C(C)N(C)C=C2)c(=O)c1. The summed E-state index contributed by atoms with van der Waals surface area (Å²) in [5, 5.41) is 12.3. The molecule has 2 N–H and O–H groups in total. The number of carboxylic acid groups (broad SMARTS) is 1. The van der Waals surface area contributed by atoms with Crippen LogP contribution in [0.5, 0.6) is 0 Å². The van der Waals surface area contributed by atoms with Crippen molar-refractivity contribution in [1.82, 2.24) is 14.4 Å². The average molecular weight is 535 g/mol. The van der Waals surface area contributed by atoms with Gasteiger partial charge < -0.3 is 15.3 Å². The minimum Gasteiger partial charge on any atom is -0.478 e. The van der Waals surface area contributed by atoms with Gasteiger partial charge in [-0.3, -0.25) is 14.3 Å². The number of anilines is 1. The quantitative estimate of drug-likeness (QED) is 0.502. The van der Waals surface area contributed by atoms with E-state index in [9.17, 15) is 19.1 Å². The third-order valence-corrected chi connectivity index (χ3v) is 8.40. The van der Waals surface area contributed by atoms with Crippen LogP contribution in [0.3, 0.4) is 0 Å². The van der Waals surface area contributed by atoms with E-state index in [1.807, 2.05) is 31.6 Å². The molecule has 0 radical (unpaired) electrons. The van der Waals surface area contributed by atoms with Gasteiger partial charge in [-0.1, -0.05) is 11.6 Å². The molecule has 1 saturated heterocycles. The molecule has 0 bridgehead atoms. The Morgan fingerprint density at radius 2 is 1.92 bits per heavy atom. The molecule has 2 aliphatic rings. The van der Waals surface area contributed by atoms with Crippen LogP contribution in [-0.4, -0.2) is 64.7 Å². The van der Waals surface area contributed by atoms with Gasteiger partial charge in [0.25, 0.3) is 5.56 Å². The van der Waals surface area contributed by atoms with Crippen LogP contribution in [-0.2, 0) is 0 Å². The monoisotopic (exact) mass is 534 g/mol. The Kier molecular flexibility index (Phi) is 8.45. The third kappa shape index (κ3) is 5.86. The van der Waals surface area contributed by atoms with Crippen molar-refractivity contribution in [1.29, 1.82) is 0 Å². The van der Waals surface area contributed by atoms with E-state index in [0.717, 1.165) is 49.0 Å². The molecule has 4 rings (SSSR count). The van der Waals surface area contributed by atoms with Crippen LogP contribution in [0.2, 0.25) is 0 Å².